The van der Waals surface area contributed by atoms with Gasteiger partial charge in [0, 0.05) is 17.0 Å². The van der Waals surface area contributed by atoms with Gasteiger partial charge in [0.2, 0.25) is 0 Å². The molecule has 2 N–H and O–H groups in total. The molecule has 216 valence electrons. The number of aliphatic hydroxyl groups excluding tert-OH is 1. The summed E-state index contributed by atoms with van der Waals surface area (Å²) in [5, 5.41) is 20.6. The maximum atomic E-state index is 13.3. The van der Waals surface area contributed by atoms with Crippen molar-refractivity contribution < 1.29 is 31.9 Å². The number of benzene rings is 2. The summed E-state index contributed by atoms with van der Waals surface area (Å²) in [7, 11) is 0. The van der Waals surface area contributed by atoms with Crippen LogP contribution in [-0.4, -0.2) is 64.4 Å². The van der Waals surface area contributed by atoms with E-state index in [9.17, 15) is 36.6 Å². The van der Waals surface area contributed by atoms with Crippen LogP contribution in [0.3, 0.4) is 0 Å². The quantitative estimate of drug-likeness (QED) is 0.291. The number of halogens is 7. The summed E-state index contributed by atoms with van der Waals surface area (Å²) in [5.74, 6) is -4.02. The van der Waals surface area contributed by atoms with Gasteiger partial charge in [0.05, 0.1) is 28.9 Å². The molecule has 1 saturated carbocycles. The first kappa shape index (κ1) is 28.7. The van der Waals surface area contributed by atoms with Crippen molar-refractivity contribution in [2.45, 2.75) is 43.8 Å². The molecule has 0 radical (unpaired) electrons. The third-order valence-corrected chi connectivity index (χ3v) is 6.74. The molecular formula is C24H18Cl2F5N7O3. The van der Waals surface area contributed by atoms with Crippen molar-refractivity contribution in [3.8, 4) is 17.1 Å². The number of carbonyl (C=O) groups is 1. The average Bonchev–Trinajstić information content (AvgIpc) is 3.18. The van der Waals surface area contributed by atoms with Crippen molar-refractivity contribution in [1.29, 1.82) is 0 Å². The number of aromatic nitrogens is 6. The van der Waals surface area contributed by atoms with E-state index in [-0.39, 0.29) is 33.5 Å². The van der Waals surface area contributed by atoms with Crippen LogP contribution in [-0.2, 0) is 13.1 Å². The van der Waals surface area contributed by atoms with Crippen molar-refractivity contribution in [2.24, 2.45) is 0 Å². The van der Waals surface area contributed by atoms with Crippen molar-refractivity contribution in [3.63, 3.8) is 0 Å². The molecule has 0 spiro atoms. The van der Waals surface area contributed by atoms with Gasteiger partial charge in [-0.3, -0.25) is 9.36 Å². The van der Waals surface area contributed by atoms with E-state index in [1.165, 1.54) is 42.5 Å². The SMILES string of the molecule is O=C(NC1CC1(F)F)c1cccc(Cl)c1-n1cnc(Cn2nc(-c3ccc(Cl)cc3)n(CC(O)C(F)(F)F)c2=O)n1. The summed E-state index contributed by atoms with van der Waals surface area (Å²) in [6, 6.07) is 8.74. The molecule has 2 heterocycles. The molecule has 2 aromatic heterocycles. The highest BCUT2D eigenvalue weighted by molar-refractivity contribution is 6.33. The normalized spacial score (nSPS) is 16.9. The van der Waals surface area contributed by atoms with Crippen LogP contribution in [0.4, 0.5) is 22.0 Å². The van der Waals surface area contributed by atoms with Crippen molar-refractivity contribution in [3.05, 3.63) is 80.7 Å². The third kappa shape index (κ3) is 5.96. The lowest BCUT2D eigenvalue weighted by Crippen LogP contribution is -2.37. The van der Waals surface area contributed by atoms with Gasteiger partial charge in [0.15, 0.2) is 17.8 Å². The van der Waals surface area contributed by atoms with Gasteiger partial charge in [-0.15, -0.1) is 10.2 Å². The fourth-order valence-corrected chi connectivity index (χ4v) is 4.33. The monoisotopic (exact) mass is 617 g/mol. The number of aliphatic hydroxyl groups is 1. The second-order valence-corrected chi connectivity index (χ2v) is 10.0. The number of rotatable bonds is 8. The molecule has 0 bridgehead atoms. The van der Waals surface area contributed by atoms with Crippen molar-refractivity contribution in [2.75, 3.05) is 0 Å². The summed E-state index contributed by atoms with van der Waals surface area (Å²) >= 11 is 12.2. The van der Waals surface area contributed by atoms with Crippen molar-refractivity contribution >= 4 is 29.1 Å². The largest absolute Gasteiger partial charge is 0.416 e. The molecule has 5 rings (SSSR count). The van der Waals surface area contributed by atoms with Crippen LogP contribution in [0.1, 0.15) is 22.6 Å². The zero-order valence-corrected chi connectivity index (χ0v) is 22.0. The fourth-order valence-electron chi connectivity index (χ4n) is 3.95. The van der Waals surface area contributed by atoms with Crippen LogP contribution in [0.5, 0.6) is 0 Å². The van der Waals surface area contributed by atoms with Crippen LogP contribution >= 0.6 is 23.2 Å². The molecule has 41 heavy (non-hydrogen) atoms. The standard InChI is InChI=1S/C24H18Cl2F5N7O3/c25-13-6-4-12(5-7-13)20-35-37(22(41)36(20)9-17(39)24(29,30)31)10-18-32-11-38(34-18)19-14(2-1-3-15(19)26)21(40)33-16-8-23(16,27)28/h1-7,11,16-17,39H,8-10H2,(H,33,40). The molecule has 1 fully saturated rings. The van der Waals surface area contributed by atoms with Gasteiger partial charge in [-0.05, 0) is 36.4 Å². The van der Waals surface area contributed by atoms with Crippen LogP contribution in [0, 0.1) is 0 Å². The summed E-state index contributed by atoms with van der Waals surface area (Å²) in [6.07, 6.45) is -7.16. The van der Waals surface area contributed by atoms with E-state index < -0.39 is 55.4 Å². The molecule has 1 amide bonds. The first-order valence-electron chi connectivity index (χ1n) is 11.8. The number of nitrogens with zero attached hydrogens (tertiary/aromatic N) is 6. The van der Waals surface area contributed by atoms with E-state index in [2.05, 4.69) is 20.5 Å². The predicted molar refractivity (Wildman–Crippen MR) is 135 cm³/mol. The zero-order valence-electron chi connectivity index (χ0n) is 20.5. The zero-order chi connectivity index (χ0) is 29.7. The average molecular weight is 618 g/mol. The molecule has 2 unspecified atom stereocenters. The van der Waals surface area contributed by atoms with Gasteiger partial charge in [0.25, 0.3) is 11.8 Å². The molecule has 2 atom stereocenters. The lowest BCUT2D eigenvalue weighted by molar-refractivity contribution is -0.207. The van der Waals surface area contributed by atoms with Gasteiger partial charge >= 0.3 is 11.9 Å². The number of amides is 1. The predicted octanol–water partition coefficient (Wildman–Crippen LogP) is 3.71. The Kier molecular flexibility index (Phi) is 7.38. The van der Waals surface area contributed by atoms with Gasteiger partial charge in [0.1, 0.15) is 12.9 Å². The lowest BCUT2D eigenvalue weighted by atomic mass is 10.1. The van der Waals surface area contributed by atoms with Gasteiger partial charge in [-0.1, -0.05) is 29.3 Å². The number of nitrogens with one attached hydrogen (secondary N) is 1. The van der Waals surface area contributed by atoms with Crippen molar-refractivity contribution in [1.82, 2.24) is 34.4 Å². The highest BCUT2D eigenvalue weighted by Crippen LogP contribution is 2.42. The number of para-hydroxylation sites is 1. The molecule has 1 aliphatic rings. The first-order chi connectivity index (χ1) is 19.2. The Labute approximate surface area is 236 Å². The van der Waals surface area contributed by atoms with E-state index in [0.717, 1.165) is 15.7 Å². The minimum atomic E-state index is -4.99. The van der Waals surface area contributed by atoms with Crippen LogP contribution < -0.4 is 11.0 Å². The lowest BCUT2D eigenvalue weighted by Gasteiger charge is -2.15. The van der Waals surface area contributed by atoms with Crippen LogP contribution in [0.2, 0.25) is 10.0 Å². The van der Waals surface area contributed by atoms with Gasteiger partial charge in [-0.25, -0.2) is 27.9 Å². The Hall–Kier alpha value is -3.82. The van der Waals surface area contributed by atoms with E-state index in [0.29, 0.717) is 9.59 Å². The smallest absolute Gasteiger partial charge is 0.382 e. The highest BCUT2D eigenvalue weighted by Gasteiger charge is 2.58. The molecule has 17 heteroatoms. The second-order valence-electron chi connectivity index (χ2n) is 9.17. The number of carbonyl (C=O) groups excluding carboxylic acids is 1. The van der Waals surface area contributed by atoms with Gasteiger partial charge in [-0.2, -0.15) is 13.2 Å². The Morgan fingerprint density at radius 3 is 2.46 bits per heavy atom. The molecular weight excluding hydrogens is 600 g/mol. The second kappa shape index (κ2) is 10.5. The van der Waals surface area contributed by atoms with E-state index in [1.807, 2.05) is 0 Å². The first-order valence-corrected chi connectivity index (χ1v) is 12.6. The van der Waals surface area contributed by atoms with E-state index in [4.69, 9.17) is 23.2 Å². The molecule has 4 aromatic rings. The molecule has 1 aliphatic carbocycles. The maximum Gasteiger partial charge on any atom is 0.416 e. The van der Waals surface area contributed by atoms with Crippen LogP contribution in [0.15, 0.2) is 53.6 Å². The number of alkyl halides is 5. The summed E-state index contributed by atoms with van der Waals surface area (Å²) in [5.41, 5.74) is -0.768. The summed E-state index contributed by atoms with van der Waals surface area (Å²) < 4.78 is 68.5. The summed E-state index contributed by atoms with van der Waals surface area (Å²) in [6.45, 7) is -1.54. The van der Waals surface area contributed by atoms with E-state index in [1.54, 1.807) is 0 Å². The number of hydrogen-bond acceptors (Lipinski definition) is 6. The Bertz CT molecular complexity index is 1670. The Morgan fingerprint density at radius 1 is 1.15 bits per heavy atom. The van der Waals surface area contributed by atoms with Crippen LogP contribution in [0.25, 0.3) is 17.1 Å². The minimum absolute atomic E-state index is 0.0300. The number of hydrogen-bond donors (Lipinski definition) is 2. The topological polar surface area (TPSA) is 120 Å². The molecule has 0 saturated heterocycles. The highest BCUT2D eigenvalue weighted by atomic mass is 35.5. The Morgan fingerprint density at radius 2 is 1.83 bits per heavy atom. The molecule has 10 nitrogen and oxygen atoms in total. The van der Waals surface area contributed by atoms with Gasteiger partial charge < -0.3 is 10.4 Å². The third-order valence-electron chi connectivity index (χ3n) is 6.18. The summed E-state index contributed by atoms with van der Waals surface area (Å²) in [4.78, 5) is 29.9. The minimum Gasteiger partial charge on any atom is -0.382 e. The van der Waals surface area contributed by atoms with E-state index >= 15 is 0 Å². The maximum absolute atomic E-state index is 13.3. The Balaban J connectivity index is 1.46. The fraction of sp³-hybridized carbons (Fsp3) is 0.292. The molecule has 0 aliphatic heterocycles. The molecule has 2 aromatic carbocycles.